The third-order valence-corrected chi connectivity index (χ3v) is 6.40. The number of hydrogen-bond acceptors (Lipinski definition) is 5. The van der Waals surface area contributed by atoms with Crippen molar-refractivity contribution in [3.8, 4) is 11.1 Å². The number of benzene rings is 2. The van der Waals surface area contributed by atoms with E-state index in [2.05, 4.69) is 70.9 Å². The number of imidazole rings is 1. The Bertz CT molecular complexity index is 1200. The summed E-state index contributed by atoms with van der Waals surface area (Å²) in [5, 5.41) is 8.17. The van der Waals surface area contributed by atoms with Crippen LogP contribution < -0.4 is 16.8 Å². The van der Waals surface area contributed by atoms with E-state index in [1.54, 1.807) is 10.7 Å². The lowest BCUT2D eigenvalue weighted by Gasteiger charge is -2.28. The molecule has 0 atom stereocenters. The van der Waals surface area contributed by atoms with Gasteiger partial charge in [-0.25, -0.2) is 9.50 Å². The first-order valence-electron chi connectivity index (χ1n) is 10.9. The number of nitrogens with one attached hydrogen (secondary N) is 1. The predicted molar refractivity (Wildman–Crippen MR) is 126 cm³/mol. The molecule has 6 heteroatoms. The minimum atomic E-state index is 0.283. The highest BCUT2D eigenvalue weighted by molar-refractivity contribution is 5.81. The SMILES string of the molecule is Cc1ccccc1-c1ccc(Nc2c3nccn3nc(N)c2[C@H]2CC[C@H](N)CC2)cc1. The van der Waals surface area contributed by atoms with Crippen molar-refractivity contribution in [2.45, 2.75) is 44.6 Å². The van der Waals surface area contributed by atoms with Crippen molar-refractivity contribution in [3.63, 3.8) is 0 Å². The van der Waals surface area contributed by atoms with E-state index in [1.807, 2.05) is 6.20 Å². The molecule has 1 saturated carbocycles. The maximum Gasteiger partial charge on any atom is 0.177 e. The zero-order chi connectivity index (χ0) is 21.4. The summed E-state index contributed by atoms with van der Waals surface area (Å²) in [7, 11) is 0. The Kier molecular flexibility index (Phi) is 5.08. The summed E-state index contributed by atoms with van der Waals surface area (Å²) >= 11 is 0. The number of nitrogens with zero attached hydrogens (tertiary/aromatic N) is 3. The molecule has 6 nitrogen and oxygen atoms in total. The molecule has 0 unspecified atom stereocenters. The molecule has 4 aromatic rings. The van der Waals surface area contributed by atoms with Crippen molar-refractivity contribution < 1.29 is 0 Å². The van der Waals surface area contributed by atoms with Crippen molar-refractivity contribution >= 4 is 22.8 Å². The van der Waals surface area contributed by atoms with Crippen LogP contribution in [0.15, 0.2) is 60.9 Å². The molecule has 0 amide bonds. The number of rotatable bonds is 4. The Morgan fingerprint density at radius 1 is 1.00 bits per heavy atom. The third-order valence-electron chi connectivity index (χ3n) is 6.40. The van der Waals surface area contributed by atoms with Crippen LogP contribution in [0.5, 0.6) is 0 Å². The van der Waals surface area contributed by atoms with Crippen molar-refractivity contribution in [1.82, 2.24) is 14.6 Å². The lowest BCUT2D eigenvalue weighted by molar-refractivity contribution is 0.396. The van der Waals surface area contributed by atoms with E-state index < -0.39 is 0 Å². The molecule has 31 heavy (non-hydrogen) atoms. The Morgan fingerprint density at radius 2 is 1.74 bits per heavy atom. The zero-order valence-corrected chi connectivity index (χ0v) is 17.8. The number of nitrogen functional groups attached to an aromatic ring is 1. The Labute approximate surface area is 182 Å². The molecule has 1 aliphatic carbocycles. The highest BCUT2D eigenvalue weighted by Gasteiger charge is 2.27. The molecule has 0 radical (unpaired) electrons. The first kappa shape index (κ1) is 19.6. The quantitative estimate of drug-likeness (QED) is 0.438. The average molecular weight is 413 g/mol. The molecular weight excluding hydrogens is 384 g/mol. The van der Waals surface area contributed by atoms with Crippen molar-refractivity contribution in [2.75, 3.05) is 11.1 Å². The van der Waals surface area contributed by atoms with Gasteiger partial charge in [0.05, 0.1) is 5.69 Å². The van der Waals surface area contributed by atoms with Gasteiger partial charge >= 0.3 is 0 Å². The summed E-state index contributed by atoms with van der Waals surface area (Å²) in [5.74, 6) is 0.896. The van der Waals surface area contributed by atoms with Gasteiger partial charge in [0.25, 0.3) is 0 Å². The molecule has 158 valence electrons. The van der Waals surface area contributed by atoms with Crippen LogP contribution in [0.3, 0.4) is 0 Å². The van der Waals surface area contributed by atoms with Crippen molar-refractivity contribution in [2.24, 2.45) is 5.73 Å². The fourth-order valence-electron chi connectivity index (χ4n) is 4.69. The second kappa shape index (κ2) is 8.04. The van der Waals surface area contributed by atoms with Crippen LogP contribution >= 0.6 is 0 Å². The number of hydrogen-bond donors (Lipinski definition) is 3. The third kappa shape index (κ3) is 3.75. The Balaban J connectivity index is 1.52. The number of fused-ring (bicyclic) bond motifs is 1. The molecule has 0 bridgehead atoms. The summed E-state index contributed by atoms with van der Waals surface area (Å²) in [4.78, 5) is 4.56. The molecule has 0 aliphatic heterocycles. The maximum atomic E-state index is 6.45. The second-order valence-electron chi connectivity index (χ2n) is 8.50. The summed E-state index contributed by atoms with van der Waals surface area (Å²) in [6, 6.07) is 17.2. The Morgan fingerprint density at radius 3 is 2.48 bits per heavy atom. The van der Waals surface area contributed by atoms with Crippen LogP contribution in [0.1, 0.15) is 42.7 Å². The minimum Gasteiger partial charge on any atom is -0.382 e. The monoisotopic (exact) mass is 412 g/mol. The van der Waals surface area contributed by atoms with E-state index in [1.165, 1.54) is 16.7 Å². The standard InChI is InChI=1S/C25H28N6/c1-16-4-2-3-5-21(16)17-8-12-20(13-9-17)29-23-22(18-6-10-19(26)11-7-18)24(27)30-31-15-14-28-25(23)31/h2-5,8-9,12-15,18-19,29H,6-7,10-11,26H2,1H3,(H2,27,30)/t18-,19-. The normalized spacial score (nSPS) is 18.9. The van der Waals surface area contributed by atoms with Gasteiger partial charge in [0.15, 0.2) is 5.65 Å². The number of anilines is 3. The fraction of sp³-hybridized carbons (Fsp3) is 0.280. The molecule has 2 heterocycles. The molecule has 5 N–H and O–H groups in total. The van der Waals surface area contributed by atoms with Gasteiger partial charge in [-0.3, -0.25) is 0 Å². The summed E-state index contributed by atoms with van der Waals surface area (Å²) < 4.78 is 1.75. The lowest BCUT2D eigenvalue weighted by atomic mass is 9.81. The molecule has 0 saturated heterocycles. The van der Waals surface area contributed by atoms with Gasteiger partial charge in [-0.15, -0.1) is 5.10 Å². The van der Waals surface area contributed by atoms with E-state index in [9.17, 15) is 0 Å². The number of aryl methyl sites for hydroxylation is 1. The van der Waals surface area contributed by atoms with Gasteiger partial charge < -0.3 is 16.8 Å². The molecule has 5 rings (SSSR count). The topological polar surface area (TPSA) is 94.3 Å². The van der Waals surface area contributed by atoms with Crippen LogP contribution in [0.4, 0.5) is 17.2 Å². The van der Waals surface area contributed by atoms with Crippen LogP contribution in [0.25, 0.3) is 16.8 Å². The lowest BCUT2D eigenvalue weighted by Crippen LogP contribution is -2.26. The van der Waals surface area contributed by atoms with Gasteiger partial charge in [0.2, 0.25) is 0 Å². The summed E-state index contributed by atoms with van der Waals surface area (Å²) in [5.41, 5.74) is 20.1. The summed E-state index contributed by atoms with van der Waals surface area (Å²) in [6.45, 7) is 2.14. The van der Waals surface area contributed by atoms with Gasteiger partial charge in [-0.2, -0.15) is 0 Å². The van der Waals surface area contributed by atoms with Crippen LogP contribution in [0, 0.1) is 6.92 Å². The largest absolute Gasteiger partial charge is 0.382 e. The predicted octanol–water partition coefficient (Wildman–Crippen LogP) is 5.02. The second-order valence-corrected chi connectivity index (χ2v) is 8.50. The van der Waals surface area contributed by atoms with E-state index in [0.29, 0.717) is 11.7 Å². The van der Waals surface area contributed by atoms with E-state index in [-0.39, 0.29) is 6.04 Å². The van der Waals surface area contributed by atoms with E-state index in [4.69, 9.17) is 11.5 Å². The number of aromatic nitrogens is 3. The van der Waals surface area contributed by atoms with E-state index >= 15 is 0 Å². The molecule has 2 aromatic heterocycles. The summed E-state index contributed by atoms with van der Waals surface area (Å²) in [6.07, 6.45) is 7.64. The van der Waals surface area contributed by atoms with Gasteiger partial charge in [0, 0.05) is 29.7 Å². The fourth-order valence-corrected chi connectivity index (χ4v) is 4.69. The highest BCUT2D eigenvalue weighted by Crippen LogP contribution is 2.41. The molecule has 0 spiro atoms. The molecule has 1 fully saturated rings. The van der Waals surface area contributed by atoms with Gasteiger partial charge in [-0.1, -0.05) is 36.4 Å². The van der Waals surface area contributed by atoms with Crippen molar-refractivity contribution in [3.05, 3.63) is 72.1 Å². The highest BCUT2D eigenvalue weighted by atomic mass is 15.3. The minimum absolute atomic E-state index is 0.283. The molecular formula is C25H28N6. The smallest absolute Gasteiger partial charge is 0.177 e. The zero-order valence-electron chi connectivity index (χ0n) is 17.8. The first-order chi connectivity index (χ1) is 15.1. The van der Waals surface area contributed by atoms with Crippen LogP contribution in [0.2, 0.25) is 0 Å². The Hall–Kier alpha value is -3.38. The average Bonchev–Trinajstić information content (AvgIpc) is 3.24. The molecule has 1 aliphatic rings. The van der Waals surface area contributed by atoms with Crippen LogP contribution in [-0.2, 0) is 0 Å². The first-order valence-corrected chi connectivity index (χ1v) is 10.9. The van der Waals surface area contributed by atoms with E-state index in [0.717, 1.165) is 48.3 Å². The van der Waals surface area contributed by atoms with Gasteiger partial charge in [0.1, 0.15) is 5.82 Å². The molecule has 2 aromatic carbocycles. The maximum absolute atomic E-state index is 6.45. The van der Waals surface area contributed by atoms with Crippen molar-refractivity contribution in [1.29, 1.82) is 0 Å². The number of nitrogens with two attached hydrogens (primary N) is 2. The van der Waals surface area contributed by atoms with Gasteiger partial charge in [-0.05, 0) is 67.3 Å². The van der Waals surface area contributed by atoms with Crippen LogP contribution in [-0.4, -0.2) is 20.6 Å².